The zero-order chi connectivity index (χ0) is 23.4. The number of nitrogens with one attached hydrogen (secondary N) is 1. The summed E-state index contributed by atoms with van der Waals surface area (Å²) < 4.78 is 0. The van der Waals surface area contributed by atoms with E-state index in [9.17, 15) is 14.7 Å². The molecule has 0 radical (unpaired) electrons. The maximum atomic E-state index is 13.2. The van der Waals surface area contributed by atoms with Crippen LogP contribution in [0.4, 0.5) is 16.2 Å². The SMILES string of the molecule is Cc1cccc(CN2CCCN(c3cccc(C(=O)Nc4cccc(C(C)O)c4)c3)C2=O)c1. The van der Waals surface area contributed by atoms with Gasteiger partial charge in [0.1, 0.15) is 0 Å². The van der Waals surface area contributed by atoms with Gasteiger partial charge < -0.3 is 15.3 Å². The number of aryl methyl sites for hydroxylation is 1. The van der Waals surface area contributed by atoms with E-state index in [1.165, 1.54) is 5.56 Å². The number of anilines is 2. The minimum absolute atomic E-state index is 0.0510. The molecule has 0 bridgehead atoms. The number of aliphatic hydroxyl groups is 1. The Labute approximate surface area is 194 Å². The number of hydrogen-bond acceptors (Lipinski definition) is 3. The van der Waals surface area contributed by atoms with Crippen LogP contribution in [0.5, 0.6) is 0 Å². The van der Waals surface area contributed by atoms with E-state index in [0.29, 0.717) is 36.6 Å². The first kappa shape index (κ1) is 22.6. The first-order chi connectivity index (χ1) is 15.9. The Morgan fingerprint density at radius 1 is 1.03 bits per heavy atom. The molecule has 0 saturated carbocycles. The molecular formula is C27H29N3O3. The number of nitrogens with zero attached hydrogens (tertiary/aromatic N) is 2. The van der Waals surface area contributed by atoms with E-state index in [1.807, 2.05) is 42.2 Å². The lowest BCUT2D eigenvalue weighted by Crippen LogP contribution is -2.49. The molecule has 33 heavy (non-hydrogen) atoms. The molecule has 1 fully saturated rings. The topological polar surface area (TPSA) is 72.9 Å². The van der Waals surface area contributed by atoms with Crippen molar-refractivity contribution in [1.29, 1.82) is 0 Å². The van der Waals surface area contributed by atoms with Gasteiger partial charge in [0, 0.05) is 36.6 Å². The van der Waals surface area contributed by atoms with Crippen LogP contribution in [0.2, 0.25) is 0 Å². The van der Waals surface area contributed by atoms with Crippen molar-refractivity contribution in [2.45, 2.75) is 32.9 Å². The van der Waals surface area contributed by atoms with Gasteiger partial charge >= 0.3 is 6.03 Å². The van der Waals surface area contributed by atoms with E-state index in [-0.39, 0.29) is 11.9 Å². The summed E-state index contributed by atoms with van der Waals surface area (Å²) in [5.74, 6) is -0.263. The third-order valence-corrected chi connectivity index (χ3v) is 5.81. The Morgan fingerprint density at radius 2 is 1.82 bits per heavy atom. The molecule has 1 unspecified atom stereocenters. The standard InChI is InChI=1S/C27H29N3O3/c1-19-7-3-8-21(15-19)18-29-13-6-14-30(27(29)33)25-12-5-10-23(17-25)26(32)28-24-11-4-9-22(16-24)20(2)31/h3-5,7-12,15-17,20,31H,6,13-14,18H2,1-2H3,(H,28,32). The molecule has 6 nitrogen and oxygen atoms in total. The van der Waals surface area contributed by atoms with Gasteiger partial charge in [-0.25, -0.2) is 4.79 Å². The molecule has 4 rings (SSSR count). The normalized spacial score (nSPS) is 14.8. The Hall–Kier alpha value is -3.64. The van der Waals surface area contributed by atoms with Gasteiger partial charge in [-0.05, 0) is 61.7 Å². The van der Waals surface area contributed by atoms with Gasteiger partial charge in [0.05, 0.1) is 6.10 Å². The van der Waals surface area contributed by atoms with Crippen molar-refractivity contribution in [3.8, 4) is 0 Å². The van der Waals surface area contributed by atoms with Crippen LogP contribution < -0.4 is 10.2 Å². The van der Waals surface area contributed by atoms with Crippen molar-refractivity contribution in [3.05, 3.63) is 95.1 Å². The molecule has 1 aliphatic rings. The summed E-state index contributed by atoms with van der Waals surface area (Å²) in [6, 6.07) is 22.4. The molecular weight excluding hydrogens is 414 g/mol. The minimum Gasteiger partial charge on any atom is -0.389 e. The first-order valence-corrected chi connectivity index (χ1v) is 11.2. The third kappa shape index (κ3) is 5.41. The minimum atomic E-state index is -0.613. The third-order valence-electron chi connectivity index (χ3n) is 5.81. The van der Waals surface area contributed by atoms with Gasteiger partial charge in [-0.1, -0.05) is 48.0 Å². The second-order valence-electron chi connectivity index (χ2n) is 8.50. The highest BCUT2D eigenvalue weighted by atomic mass is 16.3. The molecule has 0 spiro atoms. The molecule has 3 amide bonds. The molecule has 0 aliphatic carbocycles. The Kier molecular flexibility index (Phi) is 6.75. The van der Waals surface area contributed by atoms with Crippen molar-refractivity contribution in [2.24, 2.45) is 0 Å². The van der Waals surface area contributed by atoms with Gasteiger partial charge in [0.15, 0.2) is 0 Å². The second kappa shape index (κ2) is 9.88. The van der Waals surface area contributed by atoms with Crippen molar-refractivity contribution in [3.63, 3.8) is 0 Å². The Morgan fingerprint density at radius 3 is 2.61 bits per heavy atom. The van der Waals surface area contributed by atoms with Crippen LogP contribution in [0.1, 0.15) is 46.5 Å². The highest BCUT2D eigenvalue weighted by molar-refractivity contribution is 6.05. The van der Waals surface area contributed by atoms with Crippen LogP contribution in [-0.2, 0) is 6.54 Å². The number of rotatable bonds is 6. The van der Waals surface area contributed by atoms with Crippen molar-refractivity contribution >= 4 is 23.3 Å². The van der Waals surface area contributed by atoms with Crippen LogP contribution >= 0.6 is 0 Å². The van der Waals surface area contributed by atoms with Gasteiger partial charge in [-0.2, -0.15) is 0 Å². The van der Waals surface area contributed by atoms with Crippen LogP contribution in [0.15, 0.2) is 72.8 Å². The lowest BCUT2D eigenvalue weighted by Gasteiger charge is -2.36. The largest absolute Gasteiger partial charge is 0.389 e. The van der Waals surface area contributed by atoms with Gasteiger partial charge in [-0.15, -0.1) is 0 Å². The maximum Gasteiger partial charge on any atom is 0.324 e. The lowest BCUT2D eigenvalue weighted by molar-refractivity contribution is 0.102. The van der Waals surface area contributed by atoms with Crippen molar-refractivity contribution < 1.29 is 14.7 Å². The summed E-state index contributed by atoms with van der Waals surface area (Å²) >= 11 is 0. The fourth-order valence-corrected chi connectivity index (χ4v) is 4.09. The molecule has 170 valence electrons. The average molecular weight is 444 g/mol. The number of carbonyl (C=O) groups is 2. The molecule has 1 heterocycles. The summed E-state index contributed by atoms with van der Waals surface area (Å²) in [6.07, 6.45) is 0.248. The van der Waals surface area contributed by atoms with Crippen molar-refractivity contribution in [1.82, 2.24) is 4.90 Å². The van der Waals surface area contributed by atoms with Crippen molar-refractivity contribution in [2.75, 3.05) is 23.3 Å². The fraction of sp³-hybridized carbons (Fsp3) is 0.259. The maximum absolute atomic E-state index is 13.2. The molecule has 2 N–H and O–H groups in total. The van der Waals surface area contributed by atoms with Crippen LogP contribution in [0, 0.1) is 6.92 Å². The second-order valence-corrected chi connectivity index (χ2v) is 8.50. The molecule has 1 saturated heterocycles. The van der Waals surface area contributed by atoms with E-state index in [1.54, 1.807) is 48.2 Å². The first-order valence-electron chi connectivity index (χ1n) is 11.2. The number of aliphatic hydroxyl groups excluding tert-OH is 1. The summed E-state index contributed by atoms with van der Waals surface area (Å²) in [7, 11) is 0. The number of carbonyl (C=O) groups excluding carboxylic acids is 2. The van der Waals surface area contributed by atoms with Gasteiger partial charge in [0.2, 0.25) is 0 Å². The van der Waals surface area contributed by atoms with E-state index in [0.717, 1.165) is 17.5 Å². The quantitative estimate of drug-likeness (QED) is 0.555. The predicted molar refractivity (Wildman–Crippen MR) is 130 cm³/mol. The number of amides is 3. The number of hydrogen-bond donors (Lipinski definition) is 2. The molecule has 1 atom stereocenters. The Bertz CT molecular complexity index is 1160. The summed E-state index contributed by atoms with van der Waals surface area (Å²) in [4.78, 5) is 29.7. The van der Waals surface area contributed by atoms with Crippen LogP contribution in [0.25, 0.3) is 0 Å². The smallest absolute Gasteiger partial charge is 0.324 e. The highest BCUT2D eigenvalue weighted by Crippen LogP contribution is 2.24. The highest BCUT2D eigenvalue weighted by Gasteiger charge is 2.27. The van der Waals surface area contributed by atoms with E-state index in [4.69, 9.17) is 0 Å². The summed E-state index contributed by atoms with van der Waals surface area (Å²) in [5, 5.41) is 12.7. The van der Waals surface area contributed by atoms with Gasteiger partial charge in [-0.3, -0.25) is 9.69 Å². The summed E-state index contributed by atoms with van der Waals surface area (Å²) in [6.45, 7) is 5.62. The predicted octanol–water partition coefficient (Wildman–Crippen LogP) is 5.13. The molecule has 6 heteroatoms. The molecule has 0 aromatic heterocycles. The van der Waals surface area contributed by atoms with E-state index >= 15 is 0 Å². The fourth-order valence-electron chi connectivity index (χ4n) is 4.09. The van der Waals surface area contributed by atoms with Crippen LogP contribution in [-0.4, -0.2) is 35.0 Å². The van der Waals surface area contributed by atoms with E-state index < -0.39 is 6.10 Å². The Balaban J connectivity index is 1.49. The number of urea groups is 1. The molecule has 3 aromatic carbocycles. The zero-order valence-corrected chi connectivity index (χ0v) is 19.0. The lowest BCUT2D eigenvalue weighted by atomic mass is 10.1. The number of benzene rings is 3. The molecule has 3 aromatic rings. The van der Waals surface area contributed by atoms with Gasteiger partial charge in [0.25, 0.3) is 5.91 Å². The monoisotopic (exact) mass is 443 g/mol. The van der Waals surface area contributed by atoms with E-state index in [2.05, 4.69) is 11.4 Å². The molecule has 1 aliphatic heterocycles. The van der Waals surface area contributed by atoms with Crippen LogP contribution in [0.3, 0.4) is 0 Å². The average Bonchev–Trinajstić information content (AvgIpc) is 2.81. The zero-order valence-electron chi connectivity index (χ0n) is 19.0. The summed E-state index contributed by atoms with van der Waals surface area (Å²) in [5.41, 5.74) is 4.80.